The van der Waals surface area contributed by atoms with E-state index in [1.807, 2.05) is 0 Å². The van der Waals surface area contributed by atoms with Crippen molar-refractivity contribution in [2.45, 2.75) is 57.3 Å². The van der Waals surface area contributed by atoms with E-state index in [-0.39, 0.29) is 5.41 Å². The number of hydrogen-bond acceptors (Lipinski definition) is 2. The van der Waals surface area contributed by atoms with Crippen LogP contribution in [0.5, 0.6) is 0 Å². The van der Waals surface area contributed by atoms with Crippen LogP contribution in [0.3, 0.4) is 0 Å². The van der Waals surface area contributed by atoms with Crippen molar-refractivity contribution in [3.8, 4) is 55.6 Å². The first-order valence-electron chi connectivity index (χ1n) is 27.5. The highest BCUT2D eigenvalue weighted by molar-refractivity contribution is 5.96. The van der Waals surface area contributed by atoms with E-state index in [0.717, 1.165) is 40.7 Å². The van der Waals surface area contributed by atoms with E-state index in [1.54, 1.807) is 0 Å². The molecule has 364 valence electrons. The average molecular weight is 967 g/mol. The smallest absolute Gasteiger partial charge is 0.0496 e. The van der Waals surface area contributed by atoms with Gasteiger partial charge in [0, 0.05) is 39.5 Å². The van der Waals surface area contributed by atoms with Crippen LogP contribution in [0.4, 0.5) is 34.1 Å². The van der Waals surface area contributed by atoms with Crippen molar-refractivity contribution >= 4 is 34.1 Å². The molecule has 0 heterocycles. The van der Waals surface area contributed by atoms with Crippen LogP contribution >= 0.6 is 0 Å². The first-order chi connectivity index (χ1) is 36.9. The Labute approximate surface area is 443 Å². The summed E-state index contributed by atoms with van der Waals surface area (Å²) in [7, 11) is 0. The number of rotatable bonds is 11. The van der Waals surface area contributed by atoms with Gasteiger partial charge in [-0.1, -0.05) is 184 Å². The normalized spacial score (nSPS) is 19.6. The molecule has 4 bridgehead atoms. The zero-order valence-corrected chi connectivity index (χ0v) is 43.0. The van der Waals surface area contributed by atoms with Crippen molar-refractivity contribution in [3.05, 3.63) is 265 Å². The van der Waals surface area contributed by atoms with E-state index in [0.29, 0.717) is 5.92 Å². The van der Waals surface area contributed by atoms with Crippen LogP contribution in [0.2, 0.25) is 0 Å². The molecule has 0 saturated heterocycles. The van der Waals surface area contributed by atoms with E-state index in [9.17, 15) is 0 Å². The van der Waals surface area contributed by atoms with Gasteiger partial charge in [-0.15, -0.1) is 0 Å². The Morgan fingerprint density at radius 2 is 0.707 bits per heavy atom. The molecule has 4 saturated carbocycles. The van der Waals surface area contributed by atoms with Gasteiger partial charge in [0.1, 0.15) is 0 Å². The van der Waals surface area contributed by atoms with Crippen LogP contribution < -0.4 is 9.80 Å². The molecule has 2 heteroatoms. The summed E-state index contributed by atoms with van der Waals surface area (Å²) in [5.74, 6) is 4.10. The highest BCUT2D eigenvalue weighted by Crippen LogP contribution is 2.61. The van der Waals surface area contributed by atoms with Gasteiger partial charge in [0.05, 0.1) is 0 Å². The highest BCUT2D eigenvalue weighted by atomic mass is 15.1. The monoisotopic (exact) mass is 966 g/mol. The molecule has 10 aromatic rings. The van der Waals surface area contributed by atoms with Crippen LogP contribution in [-0.2, 0) is 5.41 Å². The number of nitrogens with zero attached hydrogens (tertiary/aromatic N) is 2. The lowest BCUT2D eigenvalue weighted by Gasteiger charge is -2.55. The molecular formula is C73H62N2. The van der Waals surface area contributed by atoms with Crippen molar-refractivity contribution in [2.24, 2.45) is 23.7 Å². The van der Waals surface area contributed by atoms with Crippen LogP contribution in [0, 0.1) is 23.7 Å². The minimum Gasteiger partial charge on any atom is -0.310 e. The Bertz CT molecular complexity index is 3650. The summed E-state index contributed by atoms with van der Waals surface area (Å²) in [6.45, 7) is 4.72. The van der Waals surface area contributed by atoms with Gasteiger partial charge < -0.3 is 9.80 Å². The Hall–Kier alpha value is -8.20. The van der Waals surface area contributed by atoms with E-state index in [1.165, 1.54) is 121 Å². The third-order valence-corrected chi connectivity index (χ3v) is 17.8. The van der Waals surface area contributed by atoms with Crippen LogP contribution in [0.25, 0.3) is 55.6 Å². The Morgan fingerprint density at radius 1 is 0.307 bits per heavy atom. The van der Waals surface area contributed by atoms with Crippen molar-refractivity contribution < 1.29 is 0 Å². The van der Waals surface area contributed by atoms with Crippen molar-refractivity contribution in [3.63, 3.8) is 0 Å². The number of para-hydroxylation sites is 3. The fraction of sp³-hybridized carbons (Fsp3) is 0.178. The van der Waals surface area contributed by atoms with Crippen molar-refractivity contribution in [2.75, 3.05) is 9.80 Å². The Balaban J connectivity index is 0.867. The van der Waals surface area contributed by atoms with E-state index >= 15 is 0 Å². The zero-order chi connectivity index (χ0) is 50.0. The van der Waals surface area contributed by atoms with E-state index in [4.69, 9.17) is 0 Å². The van der Waals surface area contributed by atoms with Gasteiger partial charge in [-0.3, -0.25) is 0 Å². The second-order valence-corrected chi connectivity index (χ2v) is 22.5. The number of benzene rings is 10. The molecule has 15 rings (SSSR count). The zero-order valence-electron chi connectivity index (χ0n) is 43.0. The lowest BCUT2D eigenvalue weighted by molar-refractivity contribution is -0.00259. The summed E-state index contributed by atoms with van der Waals surface area (Å²) >= 11 is 0. The molecule has 75 heavy (non-hydrogen) atoms. The fourth-order valence-electron chi connectivity index (χ4n) is 14.6. The molecule has 10 aromatic carbocycles. The second-order valence-electron chi connectivity index (χ2n) is 22.5. The summed E-state index contributed by atoms with van der Waals surface area (Å²) in [5, 5.41) is 0. The van der Waals surface area contributed by atoms with Gasteiger partial charge >= 0.3 is 0 Å². The Kier molecular flexibility index (Phi) is 11.3. The van der Waals surface area contributed by atoms with Crippen molar-refractivity contribution in [1.82, 2.24) is 0 Å². The molecule has 0 spiro atoms. The fourth-order valence-corrected chi connectivity index (χ4v) is 14.6. The molecular weight excluding hydrogens is 905 g/mol. The standard InChI is InChI=1S/C73H62N2/c1-73(2)69-29-17-15-27-62(69)63-40-39-61(46-70(63)73)74(57-23-11-5-12-24-57)59-35-31-53(32-36-59)67-47-66(52-21-9-4-10-22-52)68(48-65(67)51-19-7-3-8-20-51)54-33-37-60(38-34-54)75(58-25-13-6-14-26-58)71-30-18-16-28-64(71)72-55-42-49-41-50(44-55)45-56(72)43-49/h3-40,46-50,55-56,72H,41-45H2,1-2H3. The lowest BCUT2D eigenvalue weighted by atomic mass is 9.50. The van der Waals surface area contributed by atoms with Gasteiger partial charge in [-0.2, -0.15) is 0 Å². The quantitative estimate of drug-likeness (QED) is 0.127. The minimum absolute atomic E-state index is 0.102. The molecule has 0 atom stereocenters. The SMILES string of the molecule is CC1(C)c2ccccc2-c2ccc(N(c3ccccc3)c3ccc(-c4cc(-c5ccccc5)c(-c5ccc(N(c6ccccc6)c6ccccc6C6C7CC8CC(C7)CC6C8)cc5)cc4-c4ccccc4)cc3)cc21. The topological polar surface area (TPSA) is 6.48 Å². The highest BCUT2D eigenvalue weighted by Gasteiger charge is 2.49. The van der Waals surface area contributed by atoms with Gasteiger partial charge in [0.2, 0.25) is 0 Å². The molecule has 4 fully saturated rings. The van der Waals surface area contributed by atoms with Gasteiger partial charge in [-0.05, 0) is 213 Å². The van der Waals surface area contributed by atoms with Crippen LogP contribution in [0.15, 0.2) is 249 Å². The van der Waals surface area contributed by atoms with Gasteiger partial charge in [0.15, 0.2) is 0 Å². The second kappa shape index (κ2) is 18.6. The van der Waals surface area contributed by atoms with E-state index < -0.39 is 0 Å². The molecule has 5 aliphatic rings. The third kappa shape index (κ3) is 8.02. The maximum atomic E-state index is 2.54. The number of hydrogen-bond donors (Lipinski definition) is 0. The maximum Gasteiger partial charge on any atom is 0.0496 e. The molecule has 5 aliphatic carbocycles. The van der Waals surface area contributed by atoms with Gasteiger partial charge in [-0.25, -0.2) is 0 Å². The molecule has 0 radical (unpaired) electrons. The third-order valence-electron chi connectivity index (χ3n) is 17.8. The van der Waals surface area contributed by atoms with Crippen LogP contribution in [0.1, 0.15) is 68.6 Å². The predicted octanol–water partition coefficient (Wildman–Crippen LogP) is 20.1. The largest absolute Gasteiger partial charge is 0.310 e. The van der Waals surface area contributed by atoms with Gasteiger partial charge in [0.25, 0.3) is 0 Å². The predicted molar refractivity (Wildman–Crippen MR) is 315 cm³/mol. The molecule has 0 aromatic heterocycles. The summed E-state index contributed by atoms with van der Waals surface area (Å²) in [6, 6.07) is 92.7. The molecule has 0 unspecified atom stereocenters. The minimum atomic E-state index is -0.102. The summed E-state index contributed by atoms with van der Waals surface area (Å²) in [6.07, 6.45) is 7.09. The molecule has 0 amide bonds. The first-order valence-corrected chi connectivity index (χ1v) is 27.5. The Morgan fingerprint density at radius 3 is 1.25 bits per heavy atom. The molecule has 2 nitrogen and oxygen atoms in total. The number of fused-ring (bicyclic) bond motifs is 3. The van der Waals surface area contributed by atoms with E-state index in [2.05, 4.69) is 272 Å². The van der Waals surface area contributed by atoms with Crippen LogP contribution in [-0.4, -0.2) is 0 Å². The molecule has 0 N–H and O–H groups in total. The summed E-state index contributed by atoms with van der Waals surface area (Å²) in [4.78, 5) is 4.94. The first kappa shape index (κ1) is 45.4. The molecule has 0 aliphatic heterocycles. The average Bonchev–Trinajstić information content (AvgIpc) is 3.72. The van der Waals surface area contributed by atoms with Crippen molar-refractivity contribution in [1.29, 1.82) is 0 Å². The lowest BCUT2D eigenvalue weighted by Crippen LogP contribution is -2.44. The summed E-state index contributed by atoms with van der Waals surface area (Å²) < 4.78 is 0. The maximum absolute atomic E-state index is 2.54. The number of anilines is 6. The summed E-state index contributed by atoms with van der Waals surface area (Å²) in [5.41, 5.74) is 23.5.